The lowest BCUT2D eigenvalue weighted by atomic mass is 10.1. The highest BCUT2D eigenvalue weighted by Gasteiger charge is 2.25. The molecule has 4 heteroatoms. The van der Waals surface area contributed by atoms with E-state index in [0.717, 1.165) is 37.6 Å². The van der Waals surface area contributed by atoms with E-state index in [4.69, 9.17) is 11.6 Å². The van der Waals surface area contributed by atoms with E-state index in [1.165, 1.54) is 17.7 Å². The summed E-state index contributed by atoms with van der Waals surface area (Å²) < 4.78 is 0. The lowest BCUT2D eigenvalue weighted by Gasteiger charge is -2.24. The molecule has 1 fully saturated rings. The number of hydrogen-bond acceptors (Lipinski definition) is 3. The molecule has 1 heterocycles. The third-order valence-corrected chi connectivity index (χ3v) is 4.25. The first kappa shape index (κ1) is 15.6. The second kappa shape index (κ2) is 7.30. The normalized spacial score (nSPS) is 19.1. The number of likely N-dealkylation sites (N-methyl/N-ethyl adjacent to an activating group) is 1. The van der Waals surface area contributed by atoms with Crippen molar-refractivity contribution in [3.05, 3.63) is 28.8 Å². The quantitative estimate of drug-likeness (QED) is 0.814. The van der Waals surface area contributed by atoms with Crippen molar-refractivity contribution in [2.75, 3.05) is 38.6 Å². The minimum atomic E-state index is 0.655. The first-order valence-corrected chi connectivity index (χ1v) is 7.90. The van der Waals surface area contributed by atoms with Crippen molar-refractivity contribution >= 4 is 17.3 Å². The molecule has 1 atom stereocenters. The molecule has 0 aromatic heterocycles. The molecule has 3 nitrogen and oxygen atoms in total. The molecular formula is C16H26ClN3. The molecule has 0 radical (unpaired) electrons. The van der Waals surface area contributed by atoms with E-state index in [2.05, 4.69) is 48.3 Å². The van der Waals surface area contributed by atoms with Crippen molar-refractivity contribution in [2.24, 2.45) is 0 Å². The Morgan fingerprint density at radius 2 is 2.20 bits per heavy atom. The molecule has 1 aromatic rings. The molecule has 1 aliphatic heterocycles. The number of rotatable bonds is 6. The molecule has 1 aromatic carbocycles. The van der Waals surface area contributed by atoms with Crippen molar-refractivity contribution in [3.8, 4) is 0 Å². The average molecular weight is 296 g/mol. The van der Waals surface area contributed by atoms with Crippen molar-refractivity contribution in [2.45, 2.75) is 32.4 Å². The lowest BCUT2D eigenvalue weighted by molar-refractivity contribution is 0.315. The minimum absolute atomic E-state index is 0.655. The van der Waals surface area contributed by atoms with Gasteiger partial charge in [0.25, 0.3) is 0 Å². The molecule has 0 bridgehead atoms. The van der Waals surface area contributed by atoms with Gasteiger partial charge in [-0.3, -0.25) is 0 Å². The van der Waals surface area contributed by atoms with Crippen LogP contribution >= 0.6 is 11.6 Å². The minimum Gasteiger partial charge on any atom is -0.370 e. The fraction of sp³-hybridized carbons (Fsp3) is 0.625. The van der Waals surface area contributed by atoms with Crippen LogP contribution in [0.4, 0.5) is 5.69 Å². The number of benzene rings is 1. The highest BCUT2D eigenvalue weighted by molar-refractivity contribution is 6.30. The van der Waals surface area contributed by atoms with E-state index in [9.17, 15) is 0 Å². The first-order valence-electron chi connectivity index (χ1n) is 7.52. The van der Waals surface area contributed by atoms with Crippen molar-refractivity contribution in [1.82, 2.24) is 10.2 Å². The zero-order chi connectivity index (χ0) is 14.5. The summed E-state index contributed by atoms with van der Waals surface area (Å²) in [5.74, 6) is 0. The van der Waals surface area contributed by atoms with Gasteiger partial charge in [0, 0.05) is 36.4 Å². The van der Waals surface area contributed by atoms with Gasteiger partial charge in [0.15, 0.2) is 0 Å². The van der Waals surface area contributed by atoms with Gasteiger partial charge in [0.2, 0.25) is 0 Å². The number of nitrogens with zero attached hydrogens (tertiary/aromatic N) is 2. The zero-order valence-corrected chi connectivity index (χ0v) is 13.6. The van der Waals surface area contributed by atoms with Gasteiger partial charge in [-0.2, -0.15) is 0 Å². The number of nitrogens with one attached hydrogen (secondary N) is 1. The zero-order valence-electron chi connectivity index (χ0n) is 12.8. The molecule has 112 valence electrons. The third kappa shape index (κ3) is 3.87. The Hall–Kier alpha value is -0.770. The van der Waals surface area contributed by atoms with E-state index in [1.807, 2.05) is 6.07 Å². The second-order valence-corrected chi connectivity index (χ2v) is 6.24. The largest absolute Gasteiger partial charge is 0.370 e. The molecule has 0 spiro atoms. The highest BCUT2D eigenvalue weighted by atomic mass is 35.5. The molecule has 1 saturated heterocycles. The van der Waals surface area contributed by atoms with Crippen molar-refractivity contribution < 1.29 is 0 Å². The van der Waals surface area contributed by atoms with Gasteiger partial charge in [-0.25, -0.2) is 0 Å². The van der Waals surface area contributed by atoms with Crippen LogP contribution in [0.25, 0.3) is 0 Å². The maximum atomic E-state index is 6.16. The Morgan fingerprint density at radius 1 is 1.40 bits per heavy atom. The molecule has 2 rings (SSSR count). The standard InChI is InChI=1S/C16H26ClN3/c1-4-8-18-11-13-10-14(17)5-6-16(13)20-9-7-15(12-20)19(2)3/h5-6,10,15,18H,4,7-9,11-12H2,1-3H3. The number of hydrogen-bond donors (Lipinski definition) is 1. The Labute approximate surface area is 127 Å². The van der Waals surface area contributed by atoms with Gasteiger partial charge in [-0.15, -0.1) is 0 Å². The van der Waals surface area contributed by atoms with Crippen LogP contribution in [0.15, 0.2) is 18.2 Å². The maximum Gasteiger partial charge on any atom is 0.0413 e. The molecule has 1 N–H and O–H groups in total. The number of halogens is 1. The summed E-state index contributed by atoms with van der Waals surface area (Å²) in [5.41, 5.74) is 2.65. The Morgan fingerprint density at radius 3 is 2.85 bits per heavy atom. The van der Waals surface area contributed by atoms with Gasteiger partial charge in [0.1, 0.15) is 0 Å². The first-order chi connectivity index (χ1) is 9.61. The Kier molecular flexibility index (Phi) is 5.70. The van der Waals surface area contributed by atoms with E-state index in [0.29, 0.717) is 6.04 Å². The molecule has 1 aliphatic rings. The van der Waals surface area contributed by atoms with Gasteiger partial charge in [0.05, 0.1) is 0 Å². The fourth-order valence-electron chi connectivity index (χ4n) is 2.79. The van der Waals surface area contributed by atoms with E-state index in [1.54, 1.807) is 0 Å². The van der Waals surface area contributed by atoms with Crippen molar-refractivity contribution in [3.63, 3.8) is 0 Å². The topological polar surface area (TPSA) is 18.5 Å². The number of anilines is 1. The SMILES string of the molecule is CCCNCc1cc(Cl)ccc1N1CCC(N(C)C)C1. The average Bonchev–Trinajstić information content (AvgIpc) is 2.89. The fourth-order valence-corrected chi connectivity index (χ4v) is 2.98. The lowest BCUT2D eigenvalue weighted by Crippen LogP contribution is -2.32. The van der Waals surface area contributed by atoms with Crippen LogP contribution in [0.5, 0.6) is 0 Å². The molecule has 20 heavy (non-hydrogen) atoms. The monoisotopic (exact) mass is 295 g/mol. The smallest absolute Gasteiger partial charge is 0.0413 e. The van der Waals surface area contributed by atoms with Crippen LogP contribution in [-0.2, 0) is 6.54 Å². The van der Waals surface area contributed by atoms with Gasteiger partial charge in [-0.05, 0) is 57.2 Å². The molecule has 0 aliphatic carbocycles. The predicted molar refractivity (Wildman–Crippen MR) is 87.8 cm³/mol. The molecular weight excluding hydrogens is 270 g/mol. The van der Waals surface area contributed by atoms with Crippen LogP contribution in [0.3, 0.4) is 0 Å². The van der Waals surface area contributed by atoms with E-state index in [-0.39, 0.29) is 0 Å². The predicted octanol–water partition coefficient (Wildman–Crippen LogP) is 2.98. The maximum absolute atomic E-state index is 6.16. The van der Waals surface area contributed by atoms with Crippen LogP contribution in [0.2, 0.25) is 5.02 Å². The van der Waals surface area contributed by atoms with Gasteiger partial charge < -0.3 is 15.1 Å². The van der Waals surface area contributed by atoms with E-state index >= 15 is 0 Å². The Bertz CT molecular complexity index is 434. The molecule has 0 saturated carbocycles. The van der Waals surface area contributed by atoms with Crippen LogP contribution in [-0.4, -0.2) is 44.7 Å². The second-order valence-electron chi connectivity index (χ2n) is 5.80. The summed E-state index contributed by atoms with van der Waals surface area (Å²) >= 11 is 6.16. The summed E-state index contributed by atoms with van der Waals surface area (Å²) in [5, 5.41) is 4.31. The summed E-state index contributed by atoms with van der Waals surface area (Å²) in [6, 6.07) is 6.93. The van der Waals surface area contributed by atoms with Crippen molar-refractivity contribution in [1.29, 1.82) is 0 Å². The summed E-state index contributed by atoms with van der Waals surface area (Å²) in [6.07, 6.45) is 2.39. The van der Waals surface area contributed by atoms with Crippen LogP contribution < -0.4 is 10.2 Å². The Balaban J connectivity index is 2.10. The molecule has 1 unspecified atom stereocenters. The third-order valence-electron chi connectivity index (χ3n) is 4.02. The highest BCUT2D eigenvalue weighted by Crippen LogP contribution is 2.28. The summed E-state index contributed by atoms with van der Waals surface area (Å²) in [6.45, 7) is 6.37. The van der Waals surface area contributed by atoms with Gasteiger partial charge >= 0.3 is 0 Å². The van der Waals surface area contributed by atoms with E-state index < -0.39 is 0 Å². The van der Waals surface area contributed by atoms with Crippen LogP contribution in [0, 0.1) is 0 Å². The van der Waals surface area contributed by atoms with Crippen LogP contribution in [0.1, 0.15) is 25.3 Å². The summed E-state index contributed by atoms with van der Waals surface area (Å²) in [7, 11) is 4.33. The molecule has 0 amide bonds. The summed E-state index contributed by atoms with van der Waals surface area (Å²) in [4.78, 5) is 4.81. The van der Waals surface area contributed by atoms with Gasteiger partial charge in [-0.1, -0.05) is 18.5 Å².